The number of piperidine rings is 1. The molecular formula is C45H68N4O13S. The molecule has 1 saturated heterocycles. The number of ether oxygens (including phenoxy) is 7. The van der Waals surface area contributed by atoms with E-state index in [0.717, 1.165) is 37.9 Å². The van der Waals surface area contributed by atoms with Crippen LogP contribution in [0.3, 0.4) is 0 Å². The van der Waals surface area contributed by atoms with Gasteiger partial charge in [0.05, 0.1) is 83.6 Å². The van der Waals surface area contributed by atoms with E-state index < -0.39 is 39.6 Å². The summed E-state index contributed by atoms with van der Waals surface area (Å²) in [6, 6.07) is 15.1. The van der Waals surface area contributed by atoms with E-state index in [1.54, 1.807) is 24.3 Å². The molecule has 63 heavy (non-hydrogen) atoms. The standard InChI is InChI=1S/C45H68N4O13S/c1-3-5-9-18-45(39-13-8-7-12-36(39)35-40(45)49-22-10-6-11-23-49)62-37-14-16-38(17-15-37)63(54,55)48-21-26-59-31-34-61-33-30-58-25-20-47-44(53)42(51)41(50)43(52)46-19-24-57-29-32-60-28-27-56-4-2/h3,5,7-9,12-18,40-42,48,50-51H,4,6,10-11,19-35H2,1-2H3,(H,46,52)(H,47,53)/b5-3+,18-9-/t40-,41+,42+,45-/m0/s1. The highest BCUT2D eigenvalue weighted by Crippen LogP contribution is 2.45. The molecule has 2 aromatic rings. The number of hydrogen-bond donors (Lipinski definition) is 5. The molecule has 0 spiro atoms. The summed E-state index contributed by atoms with van der Waals surface area (Å²) in [5.41, 5.74) is 1.65. The van der Waals surface area contributed by atoms with Crippen molar-refractivity contribution in [2.75, 3.05) is 112 Å². The van der Waals surface area contributed by atoms with Gasteiger partial charge >= 0.3 is 0 Å². The summed E-state index contributed by atoms with van der Waals surface area (Å²) in [5, 5.41) is 24.8. The van der Waals surface area contributed by atoms with Crippen molar-refractivity contribution in [3.63, 3.8) is 0 Å². The summed E-state index contributed by atoms with van der Waals surface area (Å²) in [5.74, 6) is -1.25. The molecule has 2 aliphatic rings. The third-order valence-electron chi connectivity index (χ3n) is 10.4. The molecule has 0 bridgehead atoms. The Labute approximate surface area is 372 Å². The van der Waals surface area contributed by atoms with Crippen LogP contribution in [0.1, 0.15) is 44.2 Å². The lowest BCUT2D eigenvalue weighted by atomic mass is 9.89. The molecule has 0 aromatic heterocycles. The van der Waals surface area contributed by atoms with Gasteiger partial charge in [0.1, 0.15) is 5.75 Å². The fourth-order valence-electron chi connectivity index (χ4n) is 7.24. The number of rotatable bonds is 32. The van der Waals surface area contributed by atoms with Gasteiger partial charge in [-0.1, -0.05) is 48.9 Å². The highest BCUT2D eigenvalue weighted by atomic mass is 32.2. The number of benzene rings is 2. The smallest absolute Gasteiger partial charge is 0.252 e. The molecule has 2 amide bonds. The van der Waals surface area contributed by atoms with Crippen molar-refractivity contribution in [3.05, 3.63) is 84.0 Å². The first kappa shape index (κ1) is 51.8. The van der Waals surface area contributed by atoms with Crippen molar-refractivity contribution >= 4 is 21.8 Å². The molecule has 0 radical (unpaired) electrons. The zero-order valence-electron chi connectivity index (χ0n) is 36.8. The Hall–Kier alpha value is -3.79. The van der Waals surface area contributed by atoms with Crippen LogP contribution in [0.5, 0.6) is 5.75 Å². The Morgan fingerprint density at radius 3 is 1.81 bits per heavy atom. The van der Waals surface area contributed by atoms with Crippen LogP contribution in [0.2, 0.25) is 0 Å². The topological polar surface area (TPSA) is 213 Å². The highest BCUT2D eigenvalue weighted by molar-refractivity contribution is 7.89. The first-order chi connectivity index (χ1) is 30.6. The number of likely N-dealkylation sites (tertiary alicyclic amines) is 1. The normalized spacial score (nSPS) is 19.0. The first-order valence-corrected chi connectivity index (χ1v) is 23.4. The number of amides is 2. The predicted molar refractivity (Wildman–Crippen MR) is 236 cm³/mol. The molecule has 2 aromatic carbocycles. The molecule has 4 atom stereocenters. The summed E-state index contributed by atoms with van der Waals surface area (Å²) >= 11 is 0. The van der Waals surface area contributed by atoms with Gasteiger partial charge in [0, 0.05) is 31.8 Å². The van der Waals surface area contributed by atoms with E-state index in [-0.39, 0.29) is 76.8 Å². The summed E-state index contributed by atoms with van der Waals surface area (Å²) in [6.07, 6.45) is 8.68. The molecule has 4 rings (SSSR count). The van der Waals surface area contributed by atoms with Crippen molar-refractivity contribution in [1.29, 1.82) is 0 Å². The van der Waals surface area contributed by atoms with Gasteiger partial charge in [0.25, 0.3) is 11.8 Å². The maximum absolute atomic E-state index is 13.1. The fraction of sp³-hybridized carbons (Fsp3) is 0.600. The van der Waals surface area contributed by atoms with Crippen LogP contribution < -0.4 is 20.1 Å². The second kappa shape index (κ2) is 28.9. The minimum atomic E-state index is -3.80. The maximum Gasteiger partial charge on any atom is 0.252 e. The molecule has 1 aliphatic carbocycles. The number of sulfonamides is 1. The van der Waals surface area contributed by atoms with Crippen LogP contribution in [0.15, 0.2) is 77.7 Å². The molecule has 0 saturated carbocycles. The van der Waals surface area contributed by atoms with Gasteiger partial charge in [0.15, 0.2) is 17.8 Å². The zero-order valence-corrected chi connectivity index (χ0v) is 37.6. The van der Waals surface area contributed by atoms with E-state index in [4.69, 9.17) is 33.2 Å². The lowest BCUT2D eigenvalue weighted by molar-refractivity contribution is -0.146. The van der Waals surface area contributed by atoms with Crippen LogP contribution in [0.4, 0.5) is 0 Å². The van der Waals surface area contributed by atoms with E-state index in [0.29, 0.717) is 38.8 Å². The molecule has 352 valence electrons. The number of nitrogens with one attached hydrogen (secondary N) is 3. The van der Waals surface area contributed by atoms with Crippen LogP contribution in [-0.2, 0) is 60.1 Å². The van der Waals surface area contributed by atoms with Gasteiger partial charge in [-0.15, -0.1) is 0 Å². The number of aliphatic hydroxyl groups excluding tert-OH is 2. The number of fused-ring (bicyclic) bond motifs is 1. The van der Waals surface area contributed by atoms with Crippen molar-refractivity contribution in [3.8, 4) is 5.75 Å². The summed E-state index contributed by atoms with van der Waals surface area (Å²) in [6.45, 7) is 9.71. The Kier molecular flexibility index (Phi) is 23.8. The highest BCUT2D eigenvalue weighted by Gasteiger charge is 2.50. The third kappa shape index (κ3) is 17.3. The number of carbonyl (C=O) groups is 2. The fourth-order valence-corrected chi connectivity index (χ4v) is 8.26. The number of hydrogen-bond acceptors (Lipinski definition) is 14. The molecule has 1 heterocycles. The van der Waals surface area contributed by atoms with Crippen LogP contribution in [-0.4, -0.2) is 166 Å². The number of allylic oxidation sites excluding steroid dienone is 3. The SMILES string of the molecule is C/C=C/C=C\[C@]1(Oc2ccc(S(=O)(=O)NCCOCCOCCOCCNC(=O)[C@H](O)[C@@H](O)C(=O)NCCOCCOCCOCC)cc2)c2ccccc2C[C@@H]1N1CCCCC1. The van der Waals surface area contributed by atoms with Gasteiger partial charge in [-0.3, -0.25) is 14.5 Å². The van der Waals surface area contributed by atoms with Crippen LogP contribution in [0, 0.1) is 0 Å². The van der Waals surface area contributed by atoms with E-state index in [1.165, 1.54) is 12.0 Å². The molecule has 5 N–H and O–H groups in total. The molecule has 1 aliphatic heterocycles. The lowest BCUT2D eigenvalue weighted by Gasteiger charge is -2.42. The second-order valence-corrected chi connectivity index (χ2v) is 16.6. The minimum absolute atomic E-state index is 0.0331. The Morgan fingerprint density at radius 2 is 1.25 bits per heavy atom. The Bertz CT molecular complexity index is 1790. The number of carbonyl (C=O) groups excluding carboxylic acids is 2. The molecule has 18 heteroatoms. The van der Waals surface area contributed by atoms with E-state index >= 15 is 0 Å². The quantitative estimate of drug-likeness (QED) is 0.0525. The van der Waals surface area contributed by atoms with Gasteiger partial charge in [-0.2, -0.15) is 0 Å². The monoisotopic (exact) mass is 904 g/mol. The minimum Gasteiger partial charge on any atom is -0.477 e. The Morgan fingerprint density at radius 1 is 0.730 bits per heavy atom. The third-order valence-corrected chi connectivity index (χ3v) is 11.9. The maximum atomic E-state index is 13.1. The Balaban J connectivity index is 1.06. The zero-order chi connectivity index (χ0) is 45.2. The summed E-state index contributed by atoms with van der Waals surface area (Å²) in [7, 11) is -3.80. The van der Waals surface area contributed by atoms with Gasteiger partial charge in [-0.05, 0) is 82.1 Å². The van der Waals surface area contributed by atoms with Crippen molar-refractivity contribution in [2.24, 2.45) is 0 Å². The molecule has 0 unspecified atom stereocenters. The number of aliphatic hydroxyl groups is 2. The van der Waals surface area contributed by atoms with Crippen molar-refractivity contribution < 1.29 is 61.4 Å². The average molecular weight is 905 g/mol. The van der Waals surface area contributed by atoms with Crippen molar-refractivity contribution in [1.82, 2.24) is 20.3 Å². The van der Waals surface area contributed by atoms with Gasteiger partial charge < -0.3 is 54.0 Å². The molecule has 1 fully saturated rings. The van der Waals surface area contributed by atoms with E-state index in [1.807, 2.05) is 38.1 Å². The van der Waals surface area contributed by atoms with Crippen LogP contribution >= 0.6 is 0 Å². The molecular weight excluding hydrogens is 837 g/mol. The lowest BCUT2D eigenvalue weighted by Crippen LogP contribution is -2.52. The average Bonchev–Trinajstić information content (AvgIpc) is 3.61. The largest absolute Gasteiger partial charge is 0.477 e. The second-order valence-electron chi connectivity index (χ2n) is 14.9. The predicted octanol–water partition coefficient (Wildman–Crippen LogP) is 1.86. The van der Waals surface area contributed by atoms with Crippen LogP contribution in [0.25, 0.3) is 0 Å². The van der Waals surface area contributed by atoms with E-state index in [2.05, 4.69) is 44.5 Å². The van der Waals surface area contributed by atoms with Crippen molar-refractivity contribution in [2.45, 2.75) is 68.3 Å². The van der Waals surface area contributed by atoms with E-state index in [9.17, 15) is 28.2 Å². The van der Waals surface area contributed by atoms with Gasteiger partial charge in [0.2, 0.25) is 10.0 Å². The summed E-state index contributed by atoms with van der Waals surface area (Å²) < 4.78 is 67.9. The number of nitrogens with zero attached hydrogens (tertiary/aromatic N) is 1. The molecule has 17 nitrogen and oxygen atoms in total. The first-order valence-electron chi connectivity index (χ1n) is 21.9. The summed E-state index contributed by atoms with van der Waals surface area (Å²) in [4.78, 5) is 26.9. The van der Waals surface area contributed by atoms with Gasteiger partial charge in [-0.25, -0.2) is 13.1 Å².